The first kappa shape index (κ1) is 16.1. The lowest BCUT2D eigenvalue weighted by Gasteiger charge is -1.98. The van der Waals surface area contributed by atoms with Gasteiger partial charge in [0.25, 0.3) is 5.69 Å². The Balaban J connectivity index is 1.81. The van der Waals surface area contributed by atoms with Crippen molar-refractivity contribution in [1.29, 1.82) is 0 Å². The molecule has 4 rings (SSSR count). The summed E-state index contributed by atoms with van der Waals surface area (Å²) in [4.78, 5) is 16.1. The predicted octanol–water partition coefficient (Wildman–Crippen LogP) is 6.44. The highest BCUT2D eigenvalue weighted by Gasteiger charge is 2.22. The number of halogens is 2. The third kappa shape index (κ3) is 2.78. The fraction of sp³-hybridized carbons (Fsp3) is 0. The van der Waals surface area contributed by atoms with Gasteiger partial charge < -0.3 is 4.42 Å². The van der Waals surface area contributed by atoms with Crippen LogP contribution >= 0.6 is 34.5 Å². The number of non-ortho nitro benzene ring substituents is 1. The first-order chi connectivity index (χ1) is 12.0. The highest BCUT2D eigenvalue weighted by atomic mass is 35.5. The molecule has 0 bridgehead atoms. The summed E-state index contributed by atoms with van der Waals surface area (Å²) in [5, 5.41) is 11.5. The number of nitro benzene ring substituents is 1. The van der Waals surface area contributed by atoms with Crippen molar-refractivity contribution in [3.63, 3.8) is 0 Å². The van der Waals surface area contributed by atoms with Gasteiger partial charge in [0.05, 0.1) is 19.8 Å². The Labute approximate surface area is 155 Å². The number of fused-ring (bicyclic) bond motifs is 1. The van der Waals surface area contributed by atoms with Gasteiger partial charge in [-0.2, -0.15) is 0 Å². The highest BCUT2D eigenvalue weighted by molar-refractivity contribution is 7.20. The molecule has 124 valence electrons. The molecule has 0 saturated carbocycles. The monoisotopic (exact) mass is 390 g/mol. The van der Waals surface area contributed by atoms with E-state index in [-0.39, 0.29) is 5.69 Å². The molecule has 0 aliphatic heterocycles. The molecule has 0 N–H and O–H groups in total. The number of aromatic nitrogens is 1. The molecule has 0 atom stereocenters. The quantitative estimate of drug-likeness (QED) is 0.298. The number of thiophene rings is 1. The minimum Gasteiger partial charge on any atom is -0.435 e. The summed E-state index contributed by atoms with van der Waals surface area (Å²) in [6.07, 6.45) is 0. The molecular formula is C17H8Cl2N2O3S. The second kappa shape index (κ2) is 6.15. The first-order valence-electron chi connectivity index (χ1n) is 7.13. The van der Waals surface area contributed by atoms with Crippen molar-refractivity contribution in [2.75, 3.05) is 0 Å². The van der Waals surface area contributed by atoms with E-state index in [1.807, 2.05) is 24.3 Å². The molecule has 25 heavy (non-hydrogen) atoms. The van der Waals surface area contributed by atoms with Gasteiger partial charge in [-0.3, -0.25) is 10.1 Å². The van der Waals surface area contributed by atoms with E-state index in [0.29, 0.717) is 31.3 Å². The van der Waals surface area contributed by atoms with Crippen LogP contribution in [0.15, 0.2) is 52.9 Å². The summed E-state index contributed by atoms with van der Waals surface area (Å²) >= 11 is 14.1. The zero-order valence-corrected chi connectivity index (χ0v) is 14.7. The van der Waals surface area contributed by atoms with Gasteiger partial charge in [0.1, 0.15) is 10.4 Å². The predicted molar refractivity (Wildman–Crippen MR) is 99.4 cm³/mol. The van der Waals surface area contributed by atoms with E-state index in [0.717, 1.165) is 11.1 Å². The van der Waals surface area contributed by atoms with E-state index in [1.165, 1.54) is 23.5 Å². The minimum absolute atomic E-state index is 0.0155. The molecule has 0 unspecified atom stereocenters. The van der Waals surface area contributed by atoms with Gasteiger partial charge in [-0.25, -0.2) is 4.98 Å². The Bertz CT molecular complexity index is 1070. The smallest absolute Gasteiger partial charge is 0.269 e. The molecule has 0 saturated heterocycles. The normalized spacial score (nSPS) is 11.1. The molecule has 0 aliphatic rings. The van der Waals surface area contributed by atoms with E-state index in [9.17, 15) is 10.1 Å². The number of nitro groups is 1. The van der Waals surface area contributed by atoms with Crippen LogP contribution in [0.4, 0.5) is 5.69 Å². The van der Waals surface area contributed by atoms with Crippen LogP contribution < -0.4 is 0 Å². The van der Waals surface area contributed by atoms with Crippen molar-refractivity contribution in [3.05, 3.63) is 68.7 Å². The number of oxazole rings is 1. The molecule has 2 aromatic carbocycles. The van der Waals surface area contributed by atoms with Crippen LogP contribution in [-0.4, -0.2) is 9.91 Å². The van der Waals surface area contributed by atoms with E-state index in [1.54, 1.807) is 12.1 Å². The maximum Gasteiger partial charge on any atom is 0.269 e. The second-order valence-electron chi connectivity index (χ2n) is 5.18. The maximum absolute atomic E-state index is 10.8. The van der Waals surface area contributed by atoms with Crippen LogP contribution in [0.3, 0.4) is 0 Å². The molecule has 0 fully saturated rings. The van der Waals surface area contributed by atoms with Crippen molar-refractivity contribution in [2.45, 2.75) is 0 Å². The number of nitrogens with zero attached hydrogens (tertiary/aromatic N) is 2. The Hall–Kier alpha value is -2.41. The molecule has 0 amide bonds. The number of rotatable bonds is 3. The van der Waals surface area contributed by atoms with Crippen LogP contribution in [-0.2, 0) is 0 Å². The van der Waals surface area contributed by atoms with Gasteiger partial charge in [-0.05, 0) is 29.8 Å². The Morgan fingerprint density at radius 2 is 1.68 bits per heavy atom. The lowest BCUT2D eigenvalue weighted by molar-refractivity contribution is -0.384. The first-order valence-corrected chi connectivity index (χ1v) is 8.70. The van der Waals surface area contributed by atoms with Crippen LogP contribution in [0, 0.1) is 10.1 Å². The summed E-state index contributed by atoms with van der Waals surface area (Å²) in [6, 6.07) is 13.6. The van der Waals surface area contributed by atoms with Crippen molar-refractivity contribution >= 4 is 51.3 Å². The fourth-order valence-electron chi connectivity index (χ4n) is 2.42. The lowest BCUT2D eigenvalue weighted by Crippen LogP contribution is -1.86. The zero-order chi connectivity index (χ0) is 17.6. The summed E-state index contributed by atoms with van der Waals surface area (Å²) in [5.74, 6) is 0.395. The van der Waals surface area contributed by atoms with Crippen molar-refractivity contribution in [3.8, 4) is 21.2 Å². The minimum atomic E-state index is -0.448. The Kier molecular flexibility index (Phi) is 3.95. The van der Waals surface area contributed by atoms with E-state index >= 15 is 0 Å². The van der Waals surface area contributed by atoms with Gasteiger partial charge in [-0.1, -0.05) is 35.3 Å². The SMILES string of the molecule is O=[N+]([O-])c1ccc(-c2sc(-c3nc4ccccc4o3)c(Cl)c2Cl)cc1. The van der Waals surface area contributed by atoms with Gasteiger partial charge in [-0.15, -0.1) is 11.3 Å². The summed E-state index contributed by atoms with van der Waals surface area (Å²) < 4.78 is 5.76. The van der Waals surface area contributed by atoms with E-state index in [4.69, 9.17) is 27.6 Å². The molecule has 8 heteroatoms. The number of benzene rings is 2. The van der Waals surface area contributed by atoms with Crippen molar-refractivity contribution in [1.82, 2.24) is 4.98 Å². The molecule has 2 heterocycles. The molecule has 2 aromatic heterocycles. The Morgan fingerprint density at radius 1 is 1.00 bits per heavy atom. The molecule has 0 radical (unpaired) electrons. The fourth-order valence-corrected chi connectivity index (χ4v) is 4.16. The van der Waals surface area contributed by atoms with Crippen LogP contribution in [0.5, 0.6) is 0 Å². The average Bonchev–Trinajstić information content (AvgIpc) is 3.17. The average molecular weight is 391 g/mol. The maximum atomic E-state index is 10.8. The summed E-state index contributed by atoms with van der Waals surface area (Å²) in [5.41, 5.74) is 2.15. The Morgan fingerprint density at radius 3 is 2.36 bits per heavy atom. The van der Waals surface area contributed by atoms with Crippen LogP contribution in [0.25, 0.3) is 32.3 Å². The third-order valence-corrected chi connectivity index (χ3v) is 5.93. The number of hydrogen-bond acceptors (Lipinski definition) is 5. The highest BCUT2D eigenvalue weighted by Crippen LogP contribution is 2.48. The molecular weight excluding hydrogens is 383 g/mol. The molecule has 4 aromatic rings. The van der Waals surface area contributed by atoms with Gasteiger partial charge in [0.2, 0.25) is 5.89 Å². The van der Waals surface area contributed by atoms with Crippen LogP contribution in [0.1, 0.15) is 0 Å². The van der Waals surface area contributed by atoms with Crippen molar-refractivity contribution < 1.29 is 9.34 Å². The second-order valence-corrected chi connectivity index (χ2v) is 6.96. The largest absolute Gasteiger partial charge is 0.435 e. The van der Waals surface area contributed by atoms with Crippen molar-refractivity contribution in [2.24, 2.45) is 0 Å². The van der Waals surface area contributed by atoms with Gasteiger partial charge in [0, 0.05) is 12.1 Å². The molecule has 0 spiro atoms. The van der Waals surface area contributed by atoms with Gasteiger partial charge >= 0.3 is 0 Å². The number of hydrogen-bond donors (Lipinski definition) is 0. The van der Waals surface area contributed by atoms with E-state index in [2.05, 4.69) is 4.98 Å². The zero-order valence-electron chi connectivity index (χ0n) is 12.4. The summed E-state index contributed by atoms with van der Waals surface area (Å²) in [7, 11) is 0. The summed E-state index contributed by atoms with van der Waals surface area (Å²) in [6.45, 7) is 0. The van der Waals surface area contributed by atoms with Gasteiger partial charge in [0.15, 0.2) is 5.58 Å². The number of para-hydroxylation sites is 2. The topological polar surface area (TPSA) is 69.2 Å². The lowest BCUT2D eigenvalue weighted by atomic mass is 10.2. The standard InChI is InChI=1S/C17H8Cl2N2O3S/c18-13-14(19)16(17-20-11-3-1-2-4-12(11)24-17)25-15(13)9-5-7-10(8-6-9)21(22)23/h1-8H. The third-order valence-electron chi connectivity index (χ3n) is 3.62. The van der Waals surface area contributed by atoms with Crippen LogP contribution in [0.2, 0.25) is 10.0 Å². The molecule has 0 aliphatic carbocycles. The van der Waals surface area contributed by atoms with E-state index < -0.39 is 4.92 Å². The molecule has 5 nitrogen and oxygen atoms in total.